The second-order valence-corrected chi connectivity index (χ2v) is 5.00. The third kappa shape index (κ3) is 3.17. The molecular weight excluding hydrogens is 202 g/mol. The number of likely N-dealkylation sites (tertiary alicyclic amines) is 1. The molecule has 0 aromatic heterocycles. The van der Waals surface area contributed by atoms with Crippen molar-refractivity contribution < 1.29 is 17.2 Å². The van der Waals surface area contributed by atoms with E-state index < -0.39 is 21.7 Å². The molecule has 0 bridgehead atoms. The molecular formula is C6H12F2N2O2S. The predicted molar refractivity (Wildman–Crippen MR) is 44.0 cm³/mol. The van der Waals surface area contributed by atoms with Crippen LogP contribution in [0.25, 0.3) is 0 Å². The van der Waals surface area contributed by atoms with Gasteiger partial charge in [0.1, 0.15) is 0 Å². The molecule has 1 atom stereocenters. The summed E-state index contributed by atoms with van der Waals surface area (Å²) in [5.41, 5.74) is 0. The molecule has 4 nitrogen and oxygen atoms in total. The van der Waals surface area contributed by atoms with Crippen molar-refractivity contribution in [1.82, 2.24) is 4.90 Å². The summed E-state index contributed by atoms with van der Waals surface area (Å²) < 4.78 is 45.4. The first kappa shape index (κ1) is 10.8. The fraction of sp³-hybridized carbons (Fsp3) is 1.00. The largest absolute Gasteiger partial charge is 0.296 e. The first-order valence-corrected chi connectivity index (χ1v) is 5.52. The van der Waals surface area contributed by atoms with Gasteiger partial charge in [-0.25, -0.2) is 22.3 Å². The highest BCUT2D eigenvalue weighted by atomic mass is 32.2. The van der Waals surface area contributed by atoms with Crippen LogP contribution < -0.4 is 5.14 Å². The van der Waals surface area contributed by atoms with Crippen molar-refractivity contribution in [3.05, 3.63) is 0 Å². The summed E-state index contributed by atoms with van der Waals surface area (Å²) in [5, 5.41) is 4.22. The Morgan fingerprint density at radius 1 is 1.54 bits per heavy atom. The zero-order valence-electron chi connectivity index (χ0n) is 6.99. The summed E-state index contributed by atoms with van der Waals surface area (Å²) in [6.45, 7) is 0.140. The van der Waals surface area contributed by atoms with Gasteiger partial charge in [0.25, 0.3) is 6.43 Å². The molecule has 0 aromatic carbocycles. The molecule has 0 saturated carbocycles. The van der Waals surface area contributed by atoms with Crippen molar-refractivity contribution in [2.75, 3.05) is 19.6 Å². The SMILES string of the molecule is NS(=O)(=O)C1CCN(CC(F)F)C1. The van der Waals surface area contributed by atoms with Gasteiger partial charge in [0.05, 0.1) is 11.8 Å². The van der Waals surface area contributed by atoms with Gasteiger partial charge in [-0.05, 0) is 13.0 Å². The van der Waals surface area contributed by atoms with Crippen LogP contribution in [0.3, 0.4) is 0 Å². The second-order valence-electron chi connectivity index (χ2n) is 3.15. The number of nitrogens with two attached hydrogens (primary N) is 1. The smallest absolute Gasteiger partial charge is 0.251 e. The van der Waals surface area contributed by atoms with E-state index in [0.717, 1.165) is 0 Å². The van der Waals surface area contributed by atoms with Crippen molar-refractivity contribution in [3.8, 4) is 0 Å². The minimum atomic E-state index is -3.56. The van der Waals surface area contributed by atoms with Gasteiger partial charge in [-0.2, -0.15) is 0 Å². The van der Waals surface area contributed by atoms with Crippen LogP contribution in [-0.4, -0.2) is 44.6 Å². The minimum Gasteiger partial charge on any atom is -0.296 e. The molecule has 1 rings (SSSR count). The van der Waals surface area contributed by atoms with Gasteiger partial charge in [-0.3, -0.25) is 4.90 Å². The average molecular weight is 214 g/mol. The van der Waals surface area contributed by atoms with Crippen molar-refractivity contribution in [3.63, 3.8) is 0 Å². The monoisotopic (exact) mass is 214 g/mol. The number of primary sulfonamides is 1. The lowest BCUT2D eigenvalue weighted by Gasteiger charge is -2.13. The predicted octanol–water partition coefficient (Wildman–Crippen LogP) is -0.386. The standard InChI is InChI=1S/C6H12F2N2O2S/c7-6(8)4-10-2-1-5(3-10)13(9,11)12/h5-6H,1-4H2,(H2,9,11,12). The van der Waals surface area contributed by atoms with Gasteiger partial charge in [0.15, 0.2) is 0 Å². The van der Waals surface area contributed by atoms with Crippen LogP contribution in [0.1, 0.15) is 6.42 Å². The van der Waals surface area contributed by atoms with E-state index in [-0.39, 0.29) is 13.1 Å². The fourth-order valence-electron chi connectivity index (χ4n) is 1.43. The Hall–Kier alpha value is -0.270. The maximum Gasteiger partial charge on any atom is 0.251 e. The molecule has 7 heteroatoms. The van der Waals surface area contributed by atoms with E-state index in [1.165, 1.54) is 4.90 Å². The summed E-state index contributed by atoms with van der Waals surface area (Å²) in [6, 6.07) is 0. The van der Waals surface area contributed by atoms with Gasteiger partial charge >= 0.3 is 0 Å². The summed E-state index contributed by atoms with van der Waals surface area (Å²) in [7, 11) is -3.56. The average Bonchev–Trinajstić information content (AvgIpc) is 2.32. The zero-order valence-corrected chi connectivity index (χ0v) is 7.80. The molecule has 2 N–H and O–H groups in total. The lowest BCUT2D eigenvalue weighted by molar-refractivity contribution is 0.0997. The molecule has 0 aliphatic carbocycles. The summed E-state index contributed by atoms with van der Waals surface area (Å²) in [6.07, 6.45) is -2.06. The van der Waals surface area contributed by atoms with Crippen LogP contribution in [0.15, 0.2) is 0 Å². The zero-order chi connectivity index (χ0) is 10.1. The third-order valence-electron chi connectivity index (χ3n) is 2.09. The molecule has 1 saturated heterocycles. The lowest BCUT2D eigenvalue weighted by atomic mass is 10.4. The molecule has 78 valence electrons. The molecule has 0 amide bonds. The molecule has 1 heterocycles. The number of hydrogen-bond acceptors (Lipinski definition) is 3. The lowest BCUT2D eigenvalue weighted by Crippen LogP contribution is -2.33. The maximum absolute atomic E-state index is 11.9. The maximum atomic E-state index is 11.9. The number of alkyl halides is 2. The highest BCUT2D eigenvalue weighted by Gasteiger charge is 2.31. The van der Waals surface area contributed by atoms with Gasteiger partial charge in [0.2, 0.25) is 10.0 Å². The van der Waals surface area contributed by atoms with Crippen LogP contribution in [0.4, 0.5) is 8.78 Å². The first-order valence-electron chi connectivity index (χ1n) is 3.91. The van der Waals surface area contributed by atoms with Crippen molar-refractivity contribution in [2.45, 2.75) is 18.1 Å². The summed E-state index contributed by atoms with van der Waals surface area (Å²) in [4.78, 5) is 1.42. The van der Waals surface area contributed by atoms with Crippen LogP contribution in [-0.2, 0) is 10.0 Å². The first-order chi connectivity index (χ1) is 5.89. The third-order valence-corrected chi connectivity index (χ3v) is 3.40. The van der Waals surface area contributed by atoms with Crippen molar-refractivity contribution >= 4 is 10.0 Å². The van der Waals surface area contributed by atoms with Crippen LogP contribution in [0.2, 0.25) is 0 Å². The number of hydrogen-bond donors (Lipinski definition) is 1. The van der Waals surface area contributed by atoms with E-state index in [1.54, 1.807) is 0 Å². The van der Waals surface area contributed by atoms with E-state index in [9.17, 15) is 17.2 Å². The number of sulfonamides is 1. The molecule has 0 aromatic rings. The van der Waals surface area contributed by atoms with E-state index in [4.69, 9.17) is 5.14 Å². The van der Waals surface area contributed by atoms with E-state index in [2.05, 4.69) is 0 Å². The summed E-state index contributed by atoms with van der Waals surface area (Å²) >= 11 is 0. The topological polar surface area (TPSA) is 63.4 Å². The van der Waals surface area contributed by atoms with Gasteiger partial charge in [-0.1, -0.05) is 0 Å². The fourth-order valence-corrected chi connectivity index (χ4v) is 2.28. The Morgan fingerprint density at radius 3 is 2.54 bits per heavy atom. The Balaban J connectivity index is 2.46. The van der Waals surface area contributed by atoms with Gasteiger partial charge < -0.3 is 0 Å². The quantitative estimate of drug-likeness (QED) is 0.696. The Labute approximate surface area is 75.7 Å². The molecule has 13 heavy (non-hydrogen) atoms. The van der Waals surface area contributed by atoms with Crippen LogP contribution >= 0.6 is 0 Å². The Bertz CT molecular complexity index is 268. The second kappa shape index (κ2) is 3.85. The van der Waals surface area contributed by atoms with Gasteiger partial charge in [0, 0.05) is 6.54 Å². The molecule has 1 unspecified atom stereocenters. The Kier molecular flexibility index (Phi) is 3.20. The molecule has 0 spiro atoms. The van der Waals surface area contributed by atoms with Gasteiger partial charge in [-0.15, -0.1) is 0 Å². The highest BCUT2D eigenvalue weighted by molar-refractivity contribution is 7.89. The highest BCUT2D eigenvalue weighted by Crippen LogP contribution is 2.15. The minimum absolute atomic E-state index is 0.128. The Morgan fingerprint density at radius 2 is 2.15 bits per heavy atom. The number of nitrogens with zero attached hydrogens (tertiary/aromatic N) is 1. The molecule has 0 radical (unpaired) electrons. The van der Waals surface area contributed by atoms with Crippen LogP contribution in [0.5, 0.6) is 0 Å². The molecule has 1 fully saturated rings. The van der Waals surface area contributed by atoms with Crippen LogP contribution in [0, 0.1) is 0 Å². The van der Waals surface area contributed by atoms with Crippen molar-refractivity contribution in [2.24, 2.45) is 5.14 Å². The normalized spacial score (nSPS) is 25.7. The van der Waals surface area contributed by atoms with E-state index in [1.807, 2.05) is 0 Å². The van der Waals surface area contributed by atoms with E-state index in [0.29, 0.717) is 13.0 Å². The number of halogens is 2. The van der Waals surface area contributed by atoms with Crippen molar-refractivity contribution in [1.29, 1.82) is 0 Å². The molecule has 1 aliphatic heterocycles. The van der Waals surface area contributed by atoms with E-state index >= 15 is 0 Å². The molecule has 1 aliphatic rings. The summed E-state index contributed by atoms with van der Waals surface area (Å²) in [5.74, 6) is 0. The number of rotatable bonds is 3.